The minimum atomic E-state index is -0.711. The lowest BCUT2D eigenvalue weighted by molar-refractivity contribution is 0.0528. The van der Waals surface area contributed by atoms with Crippen molar-refractivity contribution in [3.05, 3.63) is 42.0 Å². The SMILES string of the molecule is CCOC(=O)c1cc(-c2ccccc2)sc1NC(N)=O. The number of anilines is 1. The van der Waals surface area contributed by atoms with Gasteiger partial charge in [0.2, 0.25) is 0 Å². The summed E-state index contributed by atoms with van der Waals surface area (Å²) in [7, 11) is 0. The number of hydrogen-bond acceptors (Lipinski definition) is 4. The molecule has 6 heteroatoms. The molecule has 0 aliphatic heterocycles. The van der Waals surface area contributed by atoms with Crippen LogP contribution in [0.5, 0.6) is 0 Å². The van der Waals surface area contributed by atoms with Gasteiger partial charge in [-0.1, -0.05) is 30.3 Å². The molecule has 0 unspecified atom stereocenters. The van der Waals surface area contributed by atoms with Crippen LogP contribution in [-0.4, -0.2) is 18.6 Å². The average Bonchev–Trinajstić information content (AvgIpc) is 2.83. The second kappa shape index (κ2) is 6.21. The van der Waals surface area contributed by atoms with Gasteiger partial charge in [-0.3, -0.25) is 5.32 Å². The zero-order chi connectivity index (χ0) is 14.5. The number of benzene rings is 1. The van der Waals surface area contributed by atoms with Crippen molar-refractivity contribution in [1.82, 2.24) is 0 Å². The molecule has 0 bridgehead atoms. The molecule has 3 N–H and O–H groups in total. The van der Waals surface area contributed by atoms with Crippen molar-refractivity contribution in [2.75, 3.05) is 11.9 Å². The first-order valence-electron chi connectivity index (χ1n) is 6.04. The van der Waals surface area contributed by atoms with Crippen LogP contribution in [0.4, 0.5) is 9.80 Å². The predicted molar refractivity (Wildman–Crippen MR) is 78.9 cm³/mol. The summed E-state index contributed by atoms with van der Waals surface area (Å²) < 4.78 is 4.97. The lowest BCUT2D eigenvalue weighted by Crippen LogP contribution is -2.20. The minimum absolute atomic E-state index is 0.269. The number of urea groups is 1. The Hall–Kier alpha value is -2.34. The van der Waals surface area contributed by atoms with E-state index < -0.39 is 12.0 Å². The first-order valence-corrected chi connectivity index (χ1v) is 6.86. The van der Waals surface area contributed by atoms with Crippen LogP contribution in [0.15, 0.2) is 36.4 Å². The van der Waals surface area contributed by atoms with Crippen LogP contribution >= 0.6 is 11.3 Å². The van der Waals surface area contributed by atoms with E-state index in [0.717, 1.165) is 10.4 Å². The number of carbonyl (C=O) groups is 2. The van der Waals surface area contributed by atoms with Gasteiger partial charge in [-0.15, -0.1) is 11.3 Å². The Morgan fingerprint density at radius 2 is 2.00 bits per heavy atom. The van der Waals surface area contributed by atoms with Crippen LogP contribution in [0.1, 0.15) is 17.3 Å². The molecule has 0 aliphatic rings. The number of rotatable bonds is 4. The summed E-state index contributed by atoms with van der Waals surface area (Å²) in [5.74, 6) is -0.477. The van der Waals surface area contributed by atoms with Crippen molar-refractivity contribution in [2.45, 2.75) is 6.92 Å². The molecule has 0 spiro atoms. The molecule has 0 saturated carbocycles. The molecule has 1 aromatic heterocycles. The van der Waals surface area contributed by atoms with Gasteiger partial charge in [-0.25, -0.2) is 9.59 Å². The monoisotopic (exact) mass is 290 g/mol. The Bertz CT molecular complexity index is 623. The van der Waals surface area contributed by atoms with Crippen LogP contribution in [-0.2, 0) is 4.74 Å². The number of nitrogens with one attached hydrogen (secondary N) is 1. The Labute approximate surface area is 120 Å². The first kappa shape index (κ1) is 14.1. The molecule has 2 aromatic rings. The highest BCUT2D eigenvalue weighted by Gasteiger charge is 2.18. The number of thiophene rings is 1. The standard InChI is InChI=1S/C14H14N2O3S/c1-2-19-13(17)10-8-11(9-6-4-3-5-7-9)20-12(10)16-14(15)18/h3-8H,2H2,1H3,(H3,15,16,18). The van der Waals surface area contributed by atoms with Crippen molar-refractivity contribution < 1.29 is 14.3 Å². The van der Waals surface area contributed by atoms with Gasteiger partial charge in [0.15, 0.2) is 0 Å². The van der Waals surface area contributed by atoms with Crippen LogP contribution in [0.2, 0.25) is 0 Å². The lowest BCUT2D eigenvalue weighted by Gasteiger charge is -2.02. The molecule has 2 rings (SSSR count). The molecule has 20 heavy (non-hydrogen) atoms. The number of nitrogens with two attached hydrogens (primary N) is 1. The van der Waals surface area contributed by atoms with Crippen LogP contribution in [0.3, 0.4) is 0 Å². The summed E-state index contributed by atoms with van der Waals surface area (Å²) in [6, 6.07) is 10.6. The van der Waals surface area contributed by atoms with E-state index >= 15 is 0 Å². The van der Waals surface area contributed by atoms with Gasteiger partial charge in [-0.2, -0.15) is 0 Å². The first-order chi connectivity index (χ1) is 9.61. The molecular weight excluding hydrogens is 276 g/mol. The summed E-state index contributed by atoms with van der Waals surface area (Å²) in [6.07, 6.45) is 0. The Balaban J connectivity index is 2.41. The van der Waals surface area contributed by atoms with E-state index in [1.165, 1.54) is 11.3 Å². The normalized spacial score (nSPS) is 10.1. The number of hydrogen-bond donors (Lipinski definition) is 2. The lowest BCUT2D eigenvalue weighted by atomic mass is 10.1. The third kappa shape index (κ3) is 3.16. The third-order valence-corrected chi connectivity index (χ3v) is 3.62. The van der Waals surface area contributed by atoms with Crippen molar-refractivity contribution in [3.8, 4) is 10.4 Å². The zero-order valence-electron chi connectivity index (χ0n) is 10.9. The van der Waals surface area contributed by atoms with Crippen molar-refractivity contribution in [3.63, 3.8) is 0 Å². The molecule has 1 aromatic carbocycles. The highest BCUT2D eigenvalue weighted by molar-refractivity contribution is 7.20. The zero-order valence-corrected chi connectivity index (χ0v) is 11.7. The van der Waals surface area contributed by atoms with Crippen molar-refractivity contribution in [2.24, 2.45) is 5.73 Å². The highest BCUT2D eigenvalue weighted by Crippen LogP contribution is 2.35. The van der Waals surface area contributed by atoms with Gasteiger partial charge in [0.25, 0.3) is 0 Å². The maximum absolute atomic E-state index is 11.9. The fourth-order valence-corrected chi connectivity index (χ4v) is 2.76. The predicted octanol–water partition coefficient (Wildman–Crippen LogP) is 3.08. The molecule has 0 radical (unpaired) electrons. The molecule has 0 saturated heterocycles. The van der Waals surface area contributed by atoms with Crippen LogP contribution in [0.25, 0.3) is 10.4 Å². The third-order valence-electron chi connectivity index (χ3n) is 2.52. The number of ether oxygens (including phenoxy) is 1. The summed E-state index contributed by atoms with van der Waals surface area (Å²) in [6.45, 7) is 1.99. The van der Waals surface area contributed by atoms with E-state index in [1.54, 1.807) is 13.0 Å². The van der Waals surface area contributed by atoms with Gasteiger partial charge < -0.3 is 10.5 Å². The van der Waals surface area contributed by atoms with E-state index in [4.69, 9.17) is 10.5 Å². The van der Waals surface area contributed by atoms with Gasteiger partial charge >= 0.3 is 12.0 Å². The topological polar surface area (TPSA) is 81.4 Å². The maximum atomic E-state index is 11.9. The Morgan fingerprint density at radius 1 is 1.30 bits per heavy atom. The van der Waals surface area contributed by atoms with E-state index in [0.29, 0.717) is 10.6 Å². The number of primary amides is 1. The average molecular weight is 290 g/mol. The highest BCUT2D eigenvalue weighted by atomic mass is 32.1. The van der Waals surface area contributed by atoms with Crippen LogP contribution < -0.4 is 11.1 Å². The second-order valence-electron chi connectivity index (χ2n) is 3.93. The quantitative estimate of drug-likeness (QED) is 0.849. The molecule has 0 fully saturated rings. The number of carbonyl (C=O) groups excluding carboxylic acids is 2. The van der Waals surface area contributed by atoms with E-state index in [9.17, 15) is 9.59 Å². The largest absolute Gasteiger partial charge is 0.462 e. The maximum Gasteiger partial charge on any atom is 0.341 e. The second-order valence-corrected chi connectivity index (χ2v) is 4.98. The van der Waals surface area contributed by atoms with Crippen molar-refractivity contribution in [1.29, 1.82) is 0 Å². The summed E-state index contributed by atoms with van der Waals surface area (Å²) in [5.41, 5.74) is 6.39. The molecule has 0 aliphatic carbocycles. The van der Waals surface area contributed by atoms with E-state index in [2.05, 4.69) is 5.32 Å². The summed E-state index contributed by atoms with van der Waals surface area (Å²) >= 11 is 1.28. The summed E-state index contributed by atoms with van der Waals surface area (Å²) in [5, 5.41) is 2.86. The van der Waals surface area contributed by atoms with Crippen molar-refractivity contribution >= 4 is 28.3 Å². The van der Waals surface area contributed by atoms with E-state index in [1.807, 2.05) is 30.3 Å². The minimum Gasteiger partial charge on any atom is -0.462 e. The Morgan fingerprint density at radius 3 is 2.60 bits per heavy atom. The van der Waals surface area contributed by atoms with Crippen LogP contribution in [0, 0.1) is 0 Å². The van der Waals surface area contributed by atoms with E-state index in [-0.39, 0.29) is 6.61 Å². The summed E-state index contributed by atoms with van der Waals surface area (Å²) in [4.78, 5) is 23.8. The van der Waals surface area contributed by atoms with Gasteiger partial charge in [0, 0.05) is 4.88 Å². The Kier molecular flexibility index (Phi) is 4.37. The molecule has 5 nitrogen and oxygen atoms in total. The van der Waals surface area contributed by atoms with Gasteiger partial charge in [-0.05, 0) is 18.6 Å². The molecule has 1 heterocycles. The molecule has 2 amide bonds. The molecule has 0 atom stereocenters. The smallest absolute Gasteiger partial charge is 0.341 e. The molecule has 104 valence electrons. The molecular formula is C14H14N2O3S. The van der Waals surface area contributed by atoms with Gasteiger partial charge in [0.1, 0.15) is 5.00 Å². The number of amides is 2. The van der Waals surface area contributed by atoms with Gasteiger partial charge in [0.05, 0.1) is 12.2 Å². The number of esters is 1. The fourth-order valence-electron chi connectivity index (χ4n) is 1.70. The fraction of sp³-hybridized carbons (Fsp3) is 0.143.